The minimum atomic E-state index is -2.13. The van der Waals surface area contributed by atoms with Crippen molar-refractivity contribution in [1.82, 2.24) is 19.8 Å². The minimum absolute atomic E-state index is 0.00160. The molecular weight excluding hydrogens is 538 g/mol. The lowest BCUT2D eigenvalue weighted by Gasteiger charge is -2.36. The number of aliphatic hydroxyl groups excluding tert-OH is 1. The van der Waals surface area contributed by atoms with Crippen molar-refractivity contribution in [3.8, 4) is 16.9 Å². The van der Waals surface area contributed by atoms with E-state index < -0.39 is 35.1 Å². The van der Waals surface area contributed by atoms with Crippen molar-refractivity contribution in [2.45, 2.75) is 12.7 Å². The smallest absolute Gasteiger partial charge is 0.279 e. The molecule has 2 amide bonds. The van der Waals surface area contributed by atoms with Crippen molar-refractivity contribution in [1.29, 1.82) is 0 Å². The van der Waals surface area contributed by atoms with Crippen molar-refractivity contribution in [3.63, 3.8) is 0 Å². The van der Waals surface area contributed by atoms with Gasteiger partial charge >= 0.3 is 0 Å². The van der Waals surface area contributed by atoms with Gasteiger partial charge in [-0.2, -0.15) is 4.98 Å². The third kappa shape index (κ3) is 5.79. The van der Waals surface area contributed by atoms with Gasteiger partial charge in [0, 0.05) is 64.2 Å². The lowest BCUT2D eigenvalue weighted by Crippen LogP contribution is -2.51. The highest BCUT2D eigenvalue weighted by Gasteiger charge is 2.29. The highest BCUT2D eigenvalue weighted by atomic mass is 35.5. The van der Waals surface area contributed by atoms with Gasteiger partial charge in [-0.05, 0) is 18.2 Å². The van der Waals surface area contributed by atoms with Crippen LogP contribution in [0.1, 0.15) is 6.42 Å². The molecule has 39 heavy (non-hydrogen) atoms. The maximum absolute atomic E-state index is 16.0. The highest BCUT2D eigenvalue weighted by Crippen LogP contribution is 2.42. The molecule has 1 fully saturated rings. The van der Waals surface area contributed by atoms with Crippen molar-refractivity contribution < 1.29 is 33.7 Å². The number of halogens is 3. The quantitative estimate of drug-likeness (QED) is 0.316. The molecule has 208 valence electrons. The Morgan fingerprint density at radius 1 is 1.13 bits per heavy atom. The number of phenolic OH excluding ortho intramolecular Hbond substituents is 1. The molecule has 0 atom stereocenters. The van der Waals surface area contributed by atoms with Gasteiger partial charge in [0.2, 0.25) is 18.1 Å². The zero-order valence-electron chi connectivity index (χ0n) is 21.2. The molecule has 14 heteroatoms. The molecule has 11 nitrogen and oxygen atoms in total. The third-order valence-corrected chi connectivity index (χ3v) is 6.64. The lowest BCUT2D eigenvalue weighted by molar-refractivity contribution is -0.159. The molecule has 0 unspecified atom stereocenters. The van der Waals surface area contributed by atoms with Crippen molar-refractivity contribution in [2.24, 2.45) is 0 Å². The molecule has 4 N–H and O–H groups in total. The van der Waals surface area contributed by atoms with E-state index in [1.165, 1.54) is 28.0 Å². The van der Waals surface area contributed by atoms with Crippen LogP contribution in [-0.2, 0) is 9.59 Å². The van der Waals surface area contributed by atoms with Gasteiger partial charge in [-0.25, -0.2) is 13.8 Å². The number of benzene rings is 2. The number of amides is 2. The van der Waals surface area contributed by atoms with E-state index in [0.717, 1.165) is 6.07 Å². The predicted molar refractivity (Wildman–Crippen MR) is 140 cm³/mol. The number of nitrogens with zero attached hydrogens (tertiary/aromatic N) is 5. The number of carbonyl (C=O) groups excluding carboxylic acids is 2. The van der Waals surface area contributed by atoms with Gasteiger partial charge in [0.15, 0.2) is 5.82 Å². The molecule has 1 aromatic heterocycles. The number of anilines is 2. The van der Waals surface area contributed by atoms with Crippen LogP contribution in [0.2, 0.25) is 5.02 Å². The normalized spacial score (nSPS) is 13.7. The summed E-state index contributed by atoms with van der Waals surface area (Å²) in [5.74, 6) is -3.08. The Kier molecular flexibility index (Phi) is 8.33. The first kappa shape index (κ1) is 28.2. The number of aliphatic hydroxyl groups is 2. The van der Waals surface area contributed by atoms with E-state index >= 15 is 4.39 Å². The zero-order chi connectivity index (χ0) is 28.4. The van der Waals surface area contributed by atoms with E-state index in [1.54, 1.807) is 19.0 Å². The van der Waals surface area contributed by atoms with Gasteiger partial charge < -0.3 is 35.3 Å². The number of rotatable bonds is 7. The van der Waals surface area contributed by atoms with Crippen LogP contribution < -0.4 is 10.2 Å². The Morgan fingerprint density at radius 2 is 1.82 bits per heavy atom. The van der Waals surface area contributed by atoms with Crippen molar-refractivity contribution in [2.75, 3.05) is 57.0 Å². The molecule has 2 heterocycles. The van der Waals surface area contributed by atoms with Crippen LogP contribution in [0.25, 0.3) is 22.0 Å². The zero-order valence-corrected chi connectivity index (χ0v) is 21.9. The summed E-state index contributed by atoms with van der Waals surface area (Å²) in [4.78, 5) is 37.2. The Labute approximate surface area is 227 Å². The van der Waals surface area contributed by atoms with Crippen LogP contribution in [-0.4, -0.2) is 100 Å². The standard InChI is InChI=1S/C25H27ClF2N6O5/c1-32(2)17(36)6-7-29-25-30-21-13(22(31-25)33-8-10-34(11-9-33)23(37)24(38)39)12-14(26)18(20(21)28)19-15(27)4-3-5-16(19)35/h3-5,12,24,35,38-39H,6-11H2,1-2H3,(H,29,30,31). The molecule has 3 aromatic rings. The minimum Gasteiger partial charge on any atom is -0.507 e. The van der Waals surface area contributed by atoms with Crippen LogP contribution >= 0.6 is 11.6 Å². The van der Waals surface area contributed by atoms with E-state index in [2.05, 4.69) is 15.3 Å². The fourth-order valence-electron chi connectivity index (χ4n) is 4.30. The molecule has 2 aromatic carbocycles. The molecule has 0 bridgehead atoms. The highest BCUT2D eigenvalue weighted by molar-refractivity contribution is 6.34. The number of aromatic nitrogens is 2. The number of nitrogens with one attached hydrogen (secondary N) is 1. The summed E-state index contributed by atoms with van der Waals surface area (Å²) in [6.07, 6.45) is -2.01. The van der Waals surface area contributed by atoms with E-state index in [0.29, 0.717) is 0 Å². The van der Waals surface area contributed by atoms with Crippen LogP contribution in [0, 0.1) is 11.6 Å². The fraction of sp³-hybridized carbons (Fsp3) is 0.360. The Balaban J connectivity index is 1.79. The summed E-state index contributed by atoms with van der Waals surface area (Å²) in [5, 5.41) is 31.6. The number of fused-ring (bicyclic) bond motifs is 1. The van der Waals surface area contributed by atoms with Gasteiger partial charge in [0.05, 0.1) is 10.6 Å². The van der Waals surface area contributed by atoms with Gasteiger partial charge in [-0.3, -0.25) is 9.59 Å². The summed E-state index contributed by atoms with van der Waals surface area (Å²) in [5.41, 5.74) is -0.985. The Bertz CT molecular complexity index is 1400. The maximum Gasteiger partial charge on any atom is 0.279 e. The van der Waals surface area contributed by atoms with Gasteiger partial charge in [-0.15, -0.1) is 0 Å². The summed E-state index contributed by atoms with van der Waals surface area (Å²) >= 11 is 6.43. The summed E-state index contributed by atoms with van der Waals surface area (Å²) in [7, 11) is 3.23. The van der Waals surface area contributed by atoms with Gasteiger partial charge in [-0.1, -0.05) is 17.7 Å². The molecule has 0 spiro atoms. The number of hydrogen-bond donors (Lipinski definition) is 4. The average Bonchev–Trinajstić information content (AvgIpc) is 2.89. The summed E-state index contributed by atoms with van der Waals surface area (Å²) in [6, 6.07) is 4.94. The van der Waals surface area contributed by atoms with Gasteiger partial charge in [0.1, 0.15) is 22.9 Å². The van der Waals surface area contributed by atoms with Crippen molar-refractivity contribution in [3.05, 3.63) is 40.9 Å². The molecular formula is C25H27ClF2N6O5. The molecule has 1 aliphatic rings. The van der Waals surface area contributed by atoms with E-state index in [1.807, 2.05) is 0 Å². The molecule has 1 aliphatic heterocycles. The second-order valence-electron chi connectivity index (χ2n) is 9.10. The van der Waals surface area contributed by atoms with E-state index in [-0.39, 0.29) is 78.3 Å². The summed E-state index contributed by atoms with van der Waals surface area (Å²) in [6.45, 7) is 0.865. The Morgan fingerprint density at radius 3 is 2.44 bits per heavy atom. The average molecular weight is 565 g/mol. The second-order valence-corrected chi connectivity index (χ2v) is 9.51. The van der Waals surface area contributed by atoms with Gasteiger partial charge in [0.25, 0.3) is 5.91 Å². The topological polar surface area (TPSA) is 142 Å². The first-order valence-electron chi connectivity index (χ1n) is 12.0. The monoisotopic (exact) mass is 564 g/mol. The SMILES string of the molecule is CN(C)C(=O)CCNc1nc(N2CCN(C(=O)C(O)O)CC2)c2cc(Cl)c(-c3c(O)cccc3F)c(F)c2n1. The molecule has 4 rings (SSSR count). The fourth-order valence-corrected chi connectivity index (χ4v) is 4.58. The number of piperazine rings is 1. The first-order chi connectivity index (χ1) is 18.5. The maximum atomic E-state index is 16.0. The van der Waals surface area contributed by atoms with Crippen LogP contribution in [0.5, 0.6) is 5.75 Å². The van der Waals surface area contributed by atoms with Crippen LogP contribution in [0.4, 0.5) is 20.5 Å². The Hall–Kier alpha value is -3.81. The van der Waals surface area contributed by atoms with E-state index in [4.69, 9.17) is 11.6 Å². The van der Waals surface area contributed by atoms with Crippen LogP contribution in [0.15, 0.2) is 24.3 Å². The molecule has 1 saturated heterocycles. The lowest BCUT2D eigenvalue weighted by atomic mass is 10.0. The number of aromatic hydroxyl groups is 1. The predicted octanol–water partition coefficient (Wildman–Crippen LogP) is 1.78. The number of phenols is 1. The van der Waals surface area contributed by atoms with Crippen LogP contribution in [0.3, 0.4) is 0 Å². The third-order valence-electron chi connectivity index (χ3n) is 6.34. The second kappa shape index (κ2) is 11.5. The molecule has 0 saturated carbocycles. The number of carbonyl (C=O) groups is 2. The largest absolute Gasteiger partial charge is 0.507 e. The van der Waals surface area contributed by atoms with Crippen molar-refractivity contribution >= 4 is 46.1 Å². The number of hydrogen-bond acceptors (Lipinski definition) is 9. The molecule has 0 aliphatic carbocycles. The summed E-state index contributed by atoms with van der Waals surface area (Å²) < 4.78 is 30.7. The molecule has 0 radical (unpaired) electrons. The first-order valence-corrected chi connectivity index (χ1v) is 12.4. The van der Waals surface area contributed by atoms with E-state index in [9.17, 15) is 29.3 Å².